The zero-order chi connectivity index (χ0) is 13.4. The first-order chi connectivity index (χ1) is 9.15. The molecule has 1 atom stereocenters. The van der Waals surface area contributed by atoms with Gasteiger partial charge in [0.05, 0.1) is 6.10 Å². The lowest BCUT2D eigenvalue weighted by Gasteiger charge is -2.10. The summed E-state index contributed by atoms with van der Waals surface area (Å²) in [4.78, 5) is 2.12. The summed E-state index contributed by atoms with van der Waals surface area (Å²) in [5.41, 5.74) is 1.25. The molecule has 3 rings (SSSR count). The van der Waals surface area contributed by atoms with E-state index in [1.54, 1.807) is 11.3 Å². The summed E-state index contributed by atoms with van der Waals surface area (Å²) in [7, 11) is 0. The molecule has 1 aliphatic rings. The Morgan fingerprint density at radius 2 is 1.95 bits per heavy atom. The van der Waals surface area contributed by atoms with Gasteiger partial charge in [-0.1, -0.05) is 6.07 Å². The summed E-state index contributed by atoms with van der Waals surface area (Å²) in [6.07, 6.45) is 2.42. The topological polar surface area (TPSA) is 20.2 Å². The maximum absolute atomic E-state index is 13.5. The van der Waals surface area contributed by atoms with E-state index < -0.39 is 17.7 Å². The fraction of sp³-hybridized carbons (Fsp3) is 0.333. The molecule has 1 N–H and O–H groups in total. The maximum atomic E-state index is 13.5. The summed E-state index contributed by atoms with van der Waals surface area (Å²) in [6.45, 7) is 0. The Bertz CT molecular complexity index is 564. The molecule has 1 aromatic carbocycles. The molecule has 1 aliphatic carbocycles. The van der Waals surface area contributed by atoms with Gasteiger partial charge in [-0.3, -0.25) is 0 Å². The minimum atomic E-state index is -0.831. The van der Waals surface area contributed by atoms with E-state index in [9.17, 15) is 13.9 Å². The van der Waals surface area contributed by atoms with Crippen molar-refractivity contribution < 1.29 is 13.9 Å². The zero-order valence-corrected chi connectivity index (χ0v) is 11.1. The molecule has 0 bridgehead atoms. The lowest BCUT2D eigenvalue weighted by molar-refractivity contribution is 0.179. The number of benzene rings is 1. The molecule has 4 heteroatoms. The first-order valence-electron chi connectivity index (χ1n) is 6.37. The standard InChI is InChI=1S/C15H14F2OS/c16-11-4-2-5-12(17)10(11)8-13(18)15-7-9-3-1-6-14(9)19-15/h2,4-5,7,13,18H,1,3,6,8H2. The Morgan fingerprint density at radius 3 is 2.63 bits per heavy atom. The smallest absolute Gasteiger partial charge is 0.129 e. The molecule has 0 saturated carbocycles. The molecule has 19 heavy (non-hydrogen) atoms. The van der Waals surface area contributed by atoms with Crippen LogP contribution in [-0.2, 0) is 19.3 Å². The van der Waals surface area contributed by atoms with E-state index in [4.69, 9.17) is 0 Å². The molecule has 1 aromatic heterocycles. The van der Waals surface area contributed by atoms with Crippen molar-refractivity contribution in [3.05, 3.63) is 56.8 Å². The summed E-state index contributed by atoms with van der Waals surface area (Å²) in [6, 6.07) is 5.76. The SMILES string of the molecule is OC(Cc1c(F)cccc1F)c1cc2c(s1)CCC2. The molecule has 0 fully saturated rings. The zero-order valence-electron chi connectivity index (χ0n) is 10.3. The van der Waals surface area contributed by atoms with Crippen molar-refractivity contribution in [2.75, 3.05) is 0 Å². The van der Waals surface area contributed by atoms with Crippen molar-refractivity contribution in [3.8, 4) is 0 Å². The Balaban J connectivity index is 1.82. The number of thiophene rings is 1. The fourth-order valence-corrected chi connectivity index (χ4v) is 3.78. The number of halogens is 2. The normalized spacial score (nSPS) is 15.5. The summed E-state index contributed by atoms with van der Waals surface area (Å²) >= 11 is 1.57. The molecule has 100 valence electrons. The second-order valence-electron chi connectivity index (χ2n) is 4.87. The number of aryl methyl sites for hydroxylation is 2. The van der Waals surface area contributed by atoms with Crippen LogP contribution in [0, 0.1) is 11.6 Å². The van der Waals surface area contributed by atoms with Crippen LogP contribution in [0.4, 0.5) is 8.78 Å². The predicted molar refractivity (Wildman–Crippen MR) is 71.4 cm³/mol. The predicted octanol–water partition coefficient (Wildman–Crippen LogP) is 3.79. The van der Waals surface area contributed by atoms with E-state index in [1.165, 1.54) is 35.1 Å². The molecule has 0 radical (unpaired) electrons. The van der Waals surface area contributed by atoms with Crippen LogP contribution in [0.3, 0.4) is 0 Å². The fourth-order valence-electron chi connectivity index (χ4n) is 2.54. The lowest BCUT2D eigenvalue weighted by Crippen LogP contribution is -2.04. The van der Waals surface area contributed by atoms with Crippen LogP contribution in [0.1, 0.15) is 33.4 Å². The third-order valence-electron chi connectivity index (χ3n) is 3.55. The molecule has 1 nitrogen and oxygen atoms in total. The second kappa shape index (κ2) is 5.02. The van der Waals surface area contributed by atoms with Gasteiger partial charge < -0.3 is 5.11 Å². The van der Waals surface area contributed by atoms with Crippen molar-refractivity contribution in [1.82, 2.24) is 0 Å². The number of fused-ring (bicyclic) bond motifs is 1. The Morgan fingerprint density at radius 1 is 1.21 bits per heavy atom. The third-order valence-corrected chi connectivity index (χ3v) is 4.89. The maximum Gasteiger partial charge on any atom is 0.129 e. The van der Waals surface area contributed by atoms with E-state index in [1.807, 2.05) is 6.07 Å². The van der Waals surface area contributed by atoms with E-state index in [2.05, 4.69) is 0 Å². The van der Waals surface area contributed by atoms with E-state index >= 15 is 0 Å². The molecular formula is C15H14F2OS. The van der Waals surface area contributed by atoms with Crippen LogP contribution in [0.5, 0.6) is 0 Å². The van der Waals surface area contributed by atoms with Gasteiger partial charge in [-0.25, -0.2) is 8.78 Å². The molecule has 0 amide bonds. The van der Waals surface area contributed by atoms with Crippen molar-refractivity contribution in [2.45, 2.75) is 31.8 Å². The van der Waals surface area contributed by atoms with Gasteiger partial charge in [-0.2, -0.15) is 0 Å². The van der Waals surface area contributed by atoms with Gasteiger partial charge in [0.1, 0.15) is 11.6 Å². The first kappa shape index (κ1) is 12.8. The number of aliphatic hydroxyl groups is 1. The molecule has 0 aliphatic heterocycles. The van der Waals surface area contributed by atoms with Gasteiger partial charge >= 0.3 is 0 Å². The Kier molecular flexibility index (Phi) is 3.37. The summed E-state index contributed by atoms with van der Waals surface area (Å²) in [5.74, 6) is -1.19. The second-order valence-corrected chi connectivity index (χ2v) is 6.04. The van der Waals surface area contributed by atoms with Crippen LogP contribution < -0.4 is 0 Å². The van der Waals surface area contributed by atoms with Crippen molar-refractivity contribution >= 4 is 11.3 Å². The molecular weight excluding hydrogens is 266 g/mol. The average molecular weight is 280 g/mol. The number of hydrogen-bond acceptors (Lipinski definition) is 2. The summed E-state index contributed by atoms with van der Waals surface area (Å²) in [5, 5.41) is 10.2. The number of hydrogen-bond donors (Lipinski definition) is 1. The monoisotopic (exact) mass is 280 g/mol. The molecule has 1 unspecified atom stereocenters. The van der Waals surface area contributed by atoms with Gasteiger partial charge in [-0.15, -0.1) is 11.3 Å². The first-order valence-corrected chi connectivity index (χ1v) is 7.19. The van der Waals surface area contributed by atoms with Crippen LogP contribution in [0.25, 0.3) is 0 Å². The molecule has 0 spiro atoms. The van der Waals surface area contributed by atoms with Crippen LogP contribution in [-0.4, -0.2) is 5.11 Å². The third kappa shape index (κ3) is 2.42. The van der Waals surface area contributed by atoms with Gasteiger partial charge in [0.25, 0.3) is 0 Å². The summed E-state index contributed by atoms with van der Waals surface area (Å²) < 4.78 is 27.1. The molecule has 0 saturated heterocycles. The molecule has 1 heterocycles. The Hall–Kier alpha value is -1.26. The average Bonchev–Trinajstić information content (AvgIpc) is 2.94. The van der Waals surface area contributed by atoms with E-state index in [-0.39, 0.29) is 12.0 Å². The largest absolute Gasteiger partial charge is 0.387 e. The van der Waals surface area contributed by atoms with Gasteiger partial charge in [0.2, 0.25) is 0 Å². The lowest BCUT2D eigenvalue weighted by atomic mass is 10.0. The quantitative estimate of drug-likeness (QED) is 0.907. The highest BCUT2D eigenvalue weighted by atomic mass is 32.1. The van der Waals surface area contributed by atoms with Gasteiger partial charge in [0.15, 0.2) is 0 Å². The van der Waals surface area contributed by atoms with Crippen LogP contribution >= 0.6 is 11.3 Å². The number of rotatable bonds is 3. The minimum absolute atomic E-state index is 0.0160. The van der Waals surface area contributed by atoms with Crippen molar-refractivity contribution in [3.63, 3.8) is 0 Å². The van der Waals surface area contributed by atoms with Crippen LogP contribution in [0.2, 0.25) is 0 Å². The van der Waals surface area contributed by atoms with Crippen molar-refractivity contribution in [2.24, 2.45) is 0 Å². The highest BCUT2D eigenvalue weighted by Crippen LogP contribution is 2.35. The highest BCUT2D eigenvalue weighted by Gasteiger charge is 2.21. The van der Waals surface area contributed by atoms with Gasteiger partial charge in [0, 0.05) is 21.7 Å². The van der Waals surface area contributed by atoms with Crippen LogP contribution in [0.15, 0.2) is 24.3 Å². The van der Waals surface area contributed by atoms with Crippen molar-refractivity contribution in [1.29, 1.82) is 0 Å². The Labute approximate surface area is 114 Å². The highest BCUT2D eigenvalue weighted by molar-refractivity contribution is 7.12. The van der Waals surface area contributed by atoms with E-state index in [0.29, 0.717) is 0 Å². The molecule has 2 aromatic rings. The van der Waals surface area contributed by atoms with E-state index in [0.717, 1.165) is 17.7 Å². The van der Waals surface area contributed by atoms with Gasteiger partial charge in [-0.05, 0) is 43.0 Å². The minimum Gasteiger partial charge on any atom is -0.387 e. The number of aliphatic hydroxyl groups excluding tert-OH is 1.